The molecule has 0 aliphatic heterocycles. The second-order valence-corrected chi connectivity index (χ2v) is 4.13. The fraction of sp³-hybridized carbons (Fsp3) is 0.100. The van der Waals surface area contributed by atoms with Crippen LogP contribution in [0.5, 0.6) is 0 Å². The van der Waals surface area contributed by atoms with E-state index in [1.165, 1.54) is 4.88 Å². The van der Waals surface area contributed by atoms with E-state index in [9.17, 15) is 0 Å². The molecule has 15 heavy (non-hydrogen) atoms. The van der Waals surface area contributed by atoms with Crippen molar-refractivity contribution in [3.05, 3.63) is 35.6 Å². The molecule has 0 aliphatic rings. The Bertz CT molecular complexity index is 597. The largest absolute Gasteiger partial charge is 0.252 e. The Labute approximate surface area is 90.2 Å². The summed E-state index contributed by atoms with van der Waals surface area (Å²) in [7, 11) is 0. The molecule has 0 spiro atoms. The molecule has 0 radical (unpaired) electrons. The summed E-state index contributed by atoms with van der Waals surface area (Å²) in [6.07, 6.45) is 1.76. The zero-order valence-corrected chi connectivity index (χ0v) is 8.90. The number of hydrogen-bond donors (Lipinski definition) is 0. The van der Waals surface area contributed by atoms with Crippen LogP contribution in [-0.4, -0.2) is 19.6 Å². The molecule has 0 aromatic carbocycles. The van der Waals surface area contributed by atoms with Gasteiger partial charge >= 0.3 is 0 Å². The molecule has 3 heterocycles. The van der Waals surface area contributed by atoms with Crippen molar-refractivity contribution < 1.29 is 0 Å². The summed E-state index contributed by atoms with van der Waals surface area (Å²) in [6, 6.07) is 6.04. The van der Waals surface area contributed by atoms with E-state index in [1.54, 1.807) is 22.0 Å². The average molecular weight is 216 g/mol. The number of nitrogens with zero attached hydrogens (tertiary/aromatic N) is 4. The van der Waals surface area contributed by atoms with E-state index in [1.807, 2.05) is 24.4 Å². The van der Waals surface area contributed by atoms with E-state index in [-0.39, 0.29) is 0 Å². The predicted molar refractivity (Wildman–Crippen MR) is 58.8 cm³/mol. The highest BCUT2D eigenvalue weighted by Gasteiger charge is 2.07. The first-order valence-corrected chi connectivity index (χ1v) is 5.45. The normalized spacial score (nSPS) is 11.0. The second-order valence-electron chi connectivity index (χ2n) is 3.18. The molecule has 3 rings (SSSR count). The van der Waals surface area contributed by atoms with Gasteiger partial charge in [-0.15, -0.1) is 16.4 Å². The van der Waals surface area contributed by atoms with Crippen molar-refractivity contribution in [2.75, 3.05) is 0 Å². The Balaban J connectivity index is 2.35. The zero-order chi connectivity index (χ0) is 10.3. The van der Waals surface area contributed by atoms with E-state index in [4.69, 9.17) is 0 Å². The van der Waals surface area contributed by atoms with Gasteiger partial charge in [0.2, 0.25) is 0 Å². The third-order valence-electron chi connectivity index (χ3n) is 2.12. The van der Waals surface area contributed by atoms with E-state index < -0.39 is 0 Å². The smallest absolute Gasteiger partial charge is 0.220 e. The van der Waals surface area contributed by atoms with Gasteiger partial charge in [0.25, 0.3) is 5.78 Å². The molecule has 0 atom stereocenters. The lowest BCUT2D eigenvalue weighted by Crippen LogP contribution is -1.94. The van der Waals surface area contributed by atoms with Crippen molar-refractivity contribution in [2.24, 2.45) is 0 Å². The van der Waals surface area contributed by atoms with Gasteiger partial charge < -0.3 is 0 Å². The maximum absolute atomic E-state index is 4.32. The van der Waals surface area contributed by atoms with E-state index in [2.05, 4.69) is 21.1 Å². The SMILES string of the molecule is Cc1nc2nccc(-c3cccs3)n2n1. The molecular weight excluding hydrogens is 208 g/mol. The summed E-state index contributed by atoms with van der Waals surface area (Å²) in [5.41, 5.74) is 1.04. The Hall–Kier alpha value is -1.75. The molecular formula is C10H8N4S. The molecule has 0 amide bonds. The molecule has 4 nitrogen and oxygen atoms in total. The Kier molecular flexibility index (Phi) is 1.78. The Morgan fingerprint density at radius 2 is 2.27 bits per heavy atom. The van der Waals surface area contributed by atoms with Gasteiger partial charge in [0.05, 0.1) is 10.6 Å². The van der Waals surface area contributed by atoms with Crippen molar-refractivity contribution >= 4 is 17.1 Å². The summed E-state index contributed by atoms with van der Waals surface area (Å²) < 4.78 is 1.78. The third-order valence-corrected chi connectivity index (χ3v) is 3.01. The number of fused-ring (bicyclic) bond motifs is 1. The van der Waals surface area contributed by atoms with Crippen LogP contribution in [0.2, 0.25) is 0 Å². The van der Waals surface area contributed by atoms with Crippen molar-refractivity contribution in [3.8, 4) is 10.6 Å². The van der Waals surface area contributed by atoms with E-state index in [0.29, 0.717) is 5.78 Å². The summed E-state index contributed by atoms with van der Waals surface area (Å²) >= 11 is 1.68. The predicted octanol–water partition coefficient (Wildman–Crippen LogP) is 2.16. The monoisotopic (exact) mass is 216 g/mol. The summed E-state index contributed by atoms with van der Waals surface area (Å²) in [6.45, 7) is 1.87. The van der Waals surface area contributed by atoms with Gasteiger partial charge in [0, 0.05) is 6.20 Å². The van der Waals surface area contributed by atoms with Crippen LogP contribution in [0.1, 0.15) is 5.82 Å². The van der Waals surface area contributed by atoms with Crippen molar-refractivity contribution in [2.45, 2.75) is 6.92 Å². The second kappa shape index (κ2) is 3.13. The summed E-state index contributed by atoms with van der Waals surface area (Å²) in [5, 5.41) is 6.37. The standard InChI is InChI=1S/C10H8N4S/c1-7-12-10-11-5-4-8(14(10)13-7)9-3-2-6-15-9/h2-6H,1H3. The van der Waals surface area contributed by atoms with Gasteiger partial charge in [-0.3, -0.25) is 0 Å². The highest BCUT2D eigenvalue weighted by Crippen LogP contribution is 2.23. The number of aryl methyl sites for hydroxylation is 1. The maximum Gasteiger partial charge on any atom is 0.252 e. The summed E-state index contributed by atoms with van der Waals surface area (Å²) in [5.74, 6) is 1.39. The number of hydrogen-bond acceptors (Lipinski definition) is 4. The number of aromatic nitrogens is 4. The summed E-state index contributed by atoms with van der Waals surface area (Å²) in [4.78, 5) is 9.57. The maximum atomic E-state index is 4.32. The molecule has 0 saturated carbocycles. The Morgan fingerprint density at radius 3 is 3.07 bits per heavy atom. The van der Waals surface area contributed by atoms with Crippen LogP contribution in [0.4, 0.5) is 0 Å². The minimum atomic E-state index is 0.651. The van der Waals surface area contributed by atoms with E-state index >= 15 is 0 Å². The molecule has 0 bridgehead atoms. The molecule has 0 aliphatic carbocycles. The highest BCUT2D eigenvalue weighted by atomic mass is 32.1. The molecule has 0 saturated heterocycles. The van der Waals surface area contributed by atoms with Gasteiger partial charge in [-0.2, -0.15) is 9.50 Å². The molecule has 0 fully saturated rings. The zero-order valence-electron chi connectivity index (χ0n) is 8.08. The van der Waals surface area contributed by atoms with Crippen LogP contribution in [0.3, 0.4) is 0 Å². The van der Waals surface area contributed by atoms with Crippen LogP contribution in [0.25, 0.3) is 16.3 Å². The van der Waals surface area contributed by atoms with Crippen molar-refractivity contribution in [1.82, 2.24) is 19.6 Å². The molecule has 3 aromatic heterocycles. The fourth-order valence-electron chi connectivity index (χ4n) is 1.50. The topological polar surface area (TPSA) is 43.1 Å². The highest BCUT2D eigenvalue weighted by molar-refractivity contribution is 7.13. The minimum Gasteiger partial charge on any atom is -0.220 e. The molecule has 5 heteroatoms. The minimum absolute atomic E-state index is 0.651. The molecule has 3 aromatic rings. The van der Waals surface area contributed by atoms with Crippen LogP contribution in [-0.2, 0) is 0 Å². The first kappa shape index (κ1) is 8.55. The number of rotatable bonds is 1. The quantitative estimate of drug-likeness (QED) is 0.626. The lowest BCUT2D eigenvalue weighted by atomic mass is 10.3. The van der Waals surface area contributed by atoms with Gasteiger partial charge in [-0.1, -0.05) is 6.07 Å². The Morgan fingerprint density at radius 1 is 1.33 bits per heavy atom. The van der Waals surface area contributed by atoms with Gasteiger partial charge in [-0.25, -0.2) is 4.98 Å². The lowest BCUT2D eigenvalue weighted by molar-refractivity contribution is 0.926. The third kappa shape index (κ3) is 1.32. The van der Waals surface area contributed by atoms with Gasteiger partial charge in [0.15, 0.2) is 0 Å². The molecule has 0 N–H and O–H groups in total. The molecule has 74 valence electrons. The van der Waals surface area contributed by atoms with Crippen LogP contribution < -0.4 is 0 Å². The van der Waals surface area contributed by atoms with Crippen LogP contribution in [0.15, 0.2) is 29.8 Å². The lowest BCUT2D eigenvalue weighted by Gasteiger charge is -1.98. The number of thiophene rings is 1. The fourth-order valence-corrected chi connectivity index (χ4v) is 2.24. The van der Waals surface area contributed by atoms with Crippen molar-refractivity contribution in [1.29, 1.82) is 0 Å². The average Bonchev–Trinajstić information content (AvgIpc) is 2.82. The van der Waals surface area contributed by atoms with Gasteiger partial charge in [-0.05, 0) is 24.4 Å². The van der Waals surface area contributed by atoms with Crippen LogP contribution >= 0.6 is 11.3 Å². The van der Waals surface area contributed by atoms with Gasteiger partial charge in [0.1, 0.15) is 5.82 Å². The molecule has 0 unspecified atom stereocenters. The van der Waals surface area contributed by atoms with Crippen LogP contribution in [0, 0.1) is 6.92 Å². The van der Waals surface area contributed by atoms with E-state index in [0.717, 1.165) is 11.5 Å². The first-order valence-electron chi connectivity index (χ1n) is 4.57. The first-order chi connectivity index (χ1) is 7.34. The van der Waals surface area contributed by atoms with Crippen molar-refractivity contribution in [3.63, 3.8) is 0 Å².